The number of benzene rings is 2. The van der Waals surface area contributed by atoms with Crippen LogP contribution in [0.4, 0.5) is 14.9 Å². The van der Waals surface area contributed by atoms with E-state index in [1.165, 1.54) is 12.1 Å². The van der Waals surface area contributed by atoms with Crippen molar-refractivity contribution in [3.63, 3.8) is 0 Å². The minimum atomic E-state index is -0.656. The van der Waals surface area contributed by atoms with E-state index < -0.39 is 17.9 Å². The van der Waals surface area contributed by atoms with Gasteiger partial charge in [0, 0.05) is 33.9 Å². The highest BCUT2D eigenvalue weighted by Crippen LogP contribution is 2.34. The van der Waals surface area contributed by atoms with Crippen molar-refractivity contribution in [2.75, 3.05) is 18.5 Å². The monoisotopic (exact) mass is 440 g/mol. The second-order valence-electron chi connectivity index (χ2n) is 7.09. The van der Waals surface area contributed by atoms with Crippen LogP contribution in [0.2, 0.25) is 5.02 Å². The molecule has 0 saturated heterocycles. The number of hydrogen-bond acceptors (Lipinski definition) is 4. The Bertz CT molecular complexity index is 1280. The van der Waals surface area contributed by atoms with Gasteiger partial charge in [-0.05, 0) is 42.6 Å². The molecule has 2 heterocycles. The molecule has 0 spiro atoms. The van der Waals surface area contributed by atoms with E-state index >= 15 is 0 Å². The summed E-state index contributed by atoms with van der Waals surface area (Å²) in [6, 6.07) is 9.72. The minimum Gasteiger partial charge on any atom is -0.373 e. The van der Waals surface area contributed by atoms with Crippen molar-refractivity contribution in [3.8, 4) is 6.07 Å². The molecule has 158 valence electrons. The summed E-state index contributed by atoms with van der Waals surface area (Å²) in [4.78, 5) is 30.0. The average Bonchev–Trinajstić information content (AvgIpc) is 2.76. The lowest BCUT2D eigenvalue weighted by Crippen LogP contribution is -2.42. The zero-order valence-corrected chi connectivity index (χ0v) is 17.3. The van der Waals surface area contributed by atoms with Gasteiger partial charge in [0.25, 0.3) is 5.56 Å². The molecule has 1 aliphatic heterocycles. The maximum absolute atomic E-state index is 13.6. The van der Waals surface area contributed by atoms with E-state index in [2.05, 4.69) is 10.3 Å². The van der Waals surface area contributed by atoms with Crippen molar-refractivity contribution < 1.29 is 13.9 Å². The van der Waals surface area contributed by atoms with Crippen molar-refractivity contribution in [2.45, 2.75) is 19.6 Å². The summed E-state index contributed by atoms with van der Waals surface area (Å²) >= 11 is 6.07. The molecule has 3 aromatic rings. The van der Waals surface area contributed by atoms with Gasteiger partial charge in [0.05, 0.1) is 24.8 Å². The zero-order chi connectivity index (χ0) is 22.1. The number of carbonyl (C=O) groups excluding carboxylic acids is 1. The molecule has 0 bridgehead atoms. The Balaban J connectivity index is 1.73. The second-order valence-corrected chi connectivity index (χ2v) is 7.53. The number of nitriles is 1. The van der Waals surface area contributed by atoms with Crippen molar-refractivity contribution >= 4 is 34.1 Å². The predicted octanol–water partition coefficient (Wildman–Crippen LogP) is 4.32. The van der Waals surface area contributed by atoms with Crippen LogP contribution in [-0.4, -0.2) is 29.1 Å². The van der Waals surface area contributed by atoms with Crippen LogP contribution < -0.4 is 10.9 Å². The highest BCUT2D eigenvalue weighted by molar-refractivity contribution is 6.31. The van der Waals surface area contributed by atoms with Crippen LogP contribution in [0, 0.1) is 17.1 Å². The number of urea groups is 1. The van der Waals surface area contributed by atoms with E-state index in [1.807, 2.05) is 6.92 Å². The lowest BCUT2D eigenvalue weighted by Gasteiger charge is -2.35. The van der Waals surface area contributed by atoms with E-state index in [0.717, 1.165) is 11.6 Å². The Morgan fingerprint density at radius 2 is 2.16 bits per heavy atom. The first kappa shape index (κ1) is 20.8. The van der Waals surface area contributed by atoms with E-state index in [-0.39, 0.29) is 24.3 Å². The summed E-state index contributed by atoms with van der Waals surface area (Å²) < 4.78 is 19.3. The normalized spacial score (nSPS) is 15.2. The molecular weight excluding hydrogens is 423 g/mol. The molecular formula is C22H18ClFN4O3. The van der Waals surface area contributed by atoms with Crippen molar-refractivity contribution in [1.29, 1.82) is 5.26 Å². The van der Waals surface area contributed by atoms with Gasteiger partial charge in [-0.3, -0.25) is 4.79 Å². The first-order valence-corrected chi connectivity index (χ1v) is 10.00. The molecule has 1 atom stereocenters. The Kier molecular flexibility index (Phi) is 5.63. The molecule has 2 amide bonds. The fourth-order valence-corrected chi connectivity index (χ4v) is 4.03. The fraction of sp³-hybridized carbons (Fsp3) is 0.227. The first-order valence-electron chi connectivity index (χ1n) is 9.62. The SMILES string of the molecule is CCN(C(=O)Nc1ccc(F)c(C#N)c1)C1COCc2[nH]c(=O)c3cc(Cl)ccc3c21. The molecule has 4 rings (SSSR count). The number of ether oxygens (including phenoxy) is 1. The Labute approximate surface area is 182 Å². The third-order valence-electron chi connectivity index (χ3n) is 5.28. The van der Waals surface area contributed by atoms with Crippen LogP contribution in [-0.2, 0) is 11.3 Å². The highest BCUT2D eigenvalue weighted by Gasteiger charge is 2.32. The third kappa shape index (κ3) is 3.85. The average molecular weight is 441 g/mol. The molecule has 7 nitrogen and oxygen atoms in total. The van der Waals surface area contributed by atoms with E-state index in [0.29, 0.717) is 33.7 Å². The largest absolute Gasteiger partial charge is 0.373 e. The molecule has 0 aliphatic carbocycles. The van der Waals surface area contributed by atoms with E-state index in [4.69, 9.17) is 21.6 Å². The second kappa shape index (κ2) is 8.38. The molecule has 0 saturated carbocycles. The number of fused-ring (bicyclic) bond motifs is 3. The zero-order valence-electron chi connectivity index (χ0n) is 16.5. The summed E-state index contributed by atoms with van der Waals surface area (Å²) in [7, 11) is 0. The summed E-state index contributed by atoms with van der Waals surface area (Å²) in [5.74, 6) is -0.656. The molecule has 1 unspecified atom stereocenters. The van der Waals surface area contributed by atoms with Crippen molar-refractivity contribution in [3.05, 3.63) is 74.4 Å². The number of carbonyl (C=O) groups is 1. The Morgan fingerprint density at radius 3 is 2.90 bits per heavy atom. The number of nitrogens with one attached hydrogen (secondary N) is 2. The fourth-order valence-electron chi connectivity index (χ4n) is 3.86. The molecule has 0 fully saturated rings. The summed E-state index contributed by atoms with van der Waals surface area (Å²) in [5, 5.41) is 13.3. The lowest BCUT2D eigenvalue weighted by atomic mass is 9.95. The number of aromatic amines is 1. The van der Waals surface area contributed by atoms with Crippen LogP contribution in [0.3, 0.4) is 0 Å². The molecule has 2 aromatic carbocycles. The molecule has 9 heteroatoms. The number of H-pyrrole nitrogens is 1. The number of likely N-dealkylation sites (N-methyl/N-ethyl adjacent to an activating group) is 1. The number of aromatic nitrogens is 1. The summed E-state index contributed by atoms with van der Waals surface area (Å²) in [6.45, 7) is 2.64. The highest BCUT2D eigenvalue weighted by atomic mass is 35.5. The smallest absolute Gasteiger partial charge is 0.322 e. The lowest BCUT2D eigenvalue weighted by molar-refractivity contribution is 0.0471. The summed E-state index contributed by atoms with van der Waals surface area (Å²) in [5.41, 5.74) is 1.27. The van der Waals surface area contributed by atoms with E-state index in [9.17, 15) is 14.0 Å². The predicted molar refractivity (Wildman–Crippen MR) is 114 cm³/mol. The van der Waals surface area contributed by atoms with Crippen LogP contribution in [0.5, 0.6) is 0 Å². The van der Waals surface area contributed by atoms with Gasteiger partial charge < -0.3 is 19.9 Å². The Hall–Kier alpha value is -3.41. The summed E-state index contributed by atoms with van der Waals surface area (Å²) in [6.07, 6.45) is 0. The number of pyridine rings is 1. The molecule has 1 aliphatic rings. The maximum Gasteiger partial charge on any atom is 0.322 e. The van der Waals surface area contributed by atoms with Gasteiger partial charge in [0.1, 0.15) is 11.9 Å². The molecule has 31 heavy (non-hydrogen) atoms. The van der Waals surface area contributed by atoms with Gasteiger partial charge in [0.2, 0.25) is 0 Å². The van der Waals surface area contributed by atoms with Gasteiger partial charge >= 0.3 is 6.03 Å². The van der Waals surface area contributed by atoms with Crippen LogP contribution >= 0.6 is 11.6 Å². The third-order valence-corrected chi connectivity index (χ3v) is 5.51. The number of halogens is 2. The molecule has 1 aromatic heterocycles. The minimum absolute atomic E-state index is 0.160. The van der Waals surface area contributed by atoms with Gasteiger partial charge in [-0.1, -0.05) is 17.7 Å². The van der Waals surface area contributed by atoms with Gasteiger partial charge in [-0.2, -0.15) is 5.26 Å². The molecule has 2 N–H and O–H groups in total. The van der Waals surface area contributed by atoms with Crippen LogP contribution in [0.1, 0.15) is 29.8 Å². The van der Waals surface area contributed by atoms with Crippen LogP contribution in [0.25, 0.3) is 10.8 Å². The number of rotatable bonds is 3. The standard InChI is InChI=1S/C22H18ClFN4O3/c1-2-28(22(30)26-14-4-6-17(24)12(7-14)9-25)19-11-31-10-18-20(19)15-5-3-13(23)8-16(15)21(29)27-18/h3-8,19H,2,10-11H2,1H3,(H,26,30)(H,27,29). The number of anilines is 1. The van der Waals surface area contributed by atoms with Gasteiger partial charge in [-0.15, -0.1) is 0 Å². The van der Waals surface area contributed by atoms with Crippen molar-refractivity contribution in [2.24, 2.45) is 0 Å². The number of amides is 2. The maximum atomic E-state index is 13.6. The Morgan fingerprint density at radius 1 is 1.35 bits per heavy atom. The van der Waals surface area contributed by atoms with Gasteiger partial charge in [-0.25, -0.2) is 9.18 Å². The van der Waals surface area contributed by atoms with Crippen molar-refractivity contribution in [1.82, 2.24) is 9.88 Å². The van der Waals surface area contributed by atoms with Gasteiger partial charge in [0.15, 0.2) is 0 Å². The number of nitrogens with zero attached hydrogens (tertiary/aromatic N) is 2. The quantitative estimate of drug-likeness (QED) is 0.633. The number of hydrogen-bond donors (Lipinski definition) is 2. The van der Waals surface area contributed by atoms with Crippen LogP contribution in [0.15, 0.2) is 41.2 Å². The van der Waals surface area contributed by atoms with E-state index in [1.54, 1.807) is 29.2 Å². The topological polar surface area (TPSA) is 98.2 Å². The molecule has 0 radical (unpaired) electrons. The first-order chi connectivity index (χ1) is 14.9.